The van der Waals surface area contributed by atoms with Gasteiger partial charge < -0.3 is 9.84 Å². The third kappa shape index (κ3) is 2.72. The van der Waals surface area contributed by atoms with E-state index in [9.17, 15) is 23.5 Å². The SMILES string of the molecule is CC(C)(C)OC(=O)N1C[C@@]2(c3cc(F)cc(F)c3)CC2C1C(=O)O. The molecule has 3 atom stereocenters. The molecule has 1 N–H and O–H groups in total. The molecule has 2 unspecified atom stereocenters. The molecule has 0 bridgehead atoms. The summed E-state index contributed by atoms with van der Waals surface area (Å²) in [5.41, 5.74) is -1.09. The quantitative estimate of drug-likeness (QED) is 0.900. The number of ether oxygens (including phenoxy) is 1. The summed E-state index contributed by atoms with van der Waals surface area (Å²) in [7, 11) is 0. The molecular formula is C17H19F2NO4. The minimum Gasteiger partial charge on any atom is -0.480 e. The van der Waals surface area contributed by atoms with Gasteiger partial charge in [0.25, 0.3) is 0 Å². The first-order chi connectivity index (χ1) is 11.0. The van der Waals surface area contributed by atoms with E-state index >= 15 is 0 Å². The summed E-state index contributed by atoms with van der Waals surface area (Å²) in [6.45, 7) is 5.14. The summed E-state index contributed by atoms with van der Waals surface area (Å²) in [5.74, 6) is -2.94. The van der Waals surface area contributed by atoms with Crippen LogP contribution in [0.4, 0.5) is 13.6 Å². The van der Waals surface area contributed by atoms with Crippen LogP contribution in [0, 0.1) is 17.6 Å². The number of nitrogens with zero attached hydrogens (tertiary/aromatic N) is 1. The highest BCUT2D eigenvalue weighted by atomic mass is 19.1. The summed E-state index contributed by atoms with van der Waals surface area (Å²) in [5, 5.41) is 9.50. The zero-order chi connectivity index (χ0) is 17.9. The first-order valence-electron chi connectivity index (χ1n) is 7.72. The van der Waals surface area contributed by atoms with E-state index in [-0.39, 0.29) is 12.5 Å². The summed E-state index contributed by atoms with van der Waals surface area (Å²) in [6, 6.07) is 2.14. The predicted octanol–water partition coefficient (Wildman–Crippen LogP) is 2.93. The first-order valence-corrected chi connectivity index (χ1v) is 7.72. The van der Waals surface area contributed by atoms with Crippen LogP contribution in [0.25, 0.3) is 0 Å². The van der Waals surface area contributed by atoms with Gasteiger partial charge >= 0.3 is 12.1 Å². The highest BCUT2D eigenvalue weighted by Gasteiger charge is 2.69. The van der Waals surface area contributed by atoms with Crippen molar-refractivity contribution < 1.29 is 28.2 Å². The van der Waals surface area contributed by atoms with Gasteiger partial charge in [-0.3, -0.25) is 4.90 Å². The number of aliphatic carboxylic acids is 1. The van der Waals surface area contributed by atoms with E-state index in [1.807, 2.05) is 0 Å². The Balaban J connectivity index is 1.92. The fourth-order valence-electron chi connectivity index (χ4n) is 3.62. The van der Waals surface area contributed by atoms with Crippen LogP contribution in [0.15, 0.2) is 18.2 Å². The fraction of sp³-hybridized carbons (Fsp3) is 0.529. The number of amides is 1. The monoisotopic (exact) mass is 339 g/mol. The van der Waals surface area contributed by atoms with Crippen LogP contribution >= 0.6 is 0 Å². The van der Waals surface area contributed by atoms with E-state index < -0.39 is 40.8 Å². The molecule has 2 aliphatic rings. The minimum atomic E-state index is -1.14. The number of hydrogen-bond acceptors (Lipinski definition) is 3. The molecule has 1 aromatic rings. The largest absolute Gasteiger partial charge is 0.480 e. The zero-order valence-corrected chi connectivity index (χ0v) is 13.7. The number of carboxylic acid groups (broad SMARTS) is 1. The van der Waals surface area contributed by atoms with Gasteiger partial charge in [-0.2, -0.15) is 0 Å². The molecule has 5 nitrogen and oxygen atoms in total. The van der Waals surface area contributed by atoms with E-state index in [0.29, 0.717) is 12.0 Å². The highest BCUT2D eigenvalue weighted by molar-refractivity contribution is 5.83. The van der Waals surface area contributed by atoms with Crippen molar-refractivity contribution in [2.24, 2.45) is 5.92 Å². The van der Waals surface area contributed by atoms with Gasteiger partial charge in [-0.25, -0.2) is 18.4 Å². The Kier molecular flexibility index (Phi) is 3.58. The van der Waals surface area contributed by atoms with E-state index in [4.69, 9.17) is 4.74 Å². The fourth-order valence-corrected chi connectivity index (χ4v) is 3.62. The van der Waals surface area contributed by atoms with Crippen molar-refractivity contribution in [3.63, 3.8) is 0 Å². The lowest BCUT2D eigenvalue weighted by atomic mass is 9.94. The molecule has 7 heteroatoms. The average molecular weight is 339 g/mol. The molecule has 0 radical (unpaired) electrons. The molecule has 1 aromatic carbocycles. The van der Waals surface area contributed by atoms with Crippen molar-refractivity contribution in [1.29, 1.82) is 0 Å². The standard InChI is InChI=1S/C17H19F2NO4/c1-16(2,3)24-15(23)20-8-17(7-12(17)13(20)14(21)22)9-4-10(18)6-11(19)5-9/h4-6,12-13H,7-8H2,1-3H3,(H,21,22)/t12?,13?,17-/m1/s1. The van der Waals surface area contributed by atoms with Crippen molar-refractivity contribution in [2.75, 3.05) is 6.54 Å². The van der Waals surface area contributed by atoms with Gasteiger partial charge in [0.15, 0.2) is 0 Å². The topological polar surface area (TPSA) is 66.8 Å². The maximum Gasteiger partial charge on any atom is 0.411 e. The number of likely N-dealkylation sites (tertiary alicyclic amines) is 1. The van der Waals surface area contributed by atoms with E-state index in [0.717, 1.165) is 11.0 Å². The Morgan fingerprint density at radius 1 is 1.25 bits per heavy atom. The van der Waals surface area contributed by atoms with Gasteiger partial charge in [-0.05, 0) is 44.9 Å². The highest BCUT2D eigenvalue weighted by Crippen LogP contribution is 2.62. The number of fused-ring (bicyclic) bond motifs is 1. The second-order valence-corrected chi connectivity index (χ2v) is 7.52. The molecule has 3 rings (SSSR count). The molecule has 1 saturated carbocycles. The molecule has 2 fully saturated rings. The maximum absolute atomic E-state index is 13.5. The summed E-state index contributed by atoms with van der Waals surface area (Å²) >= 11 is 0. The number of carbonyl (C=O) groups excluding carboxylic acids is 1. The zero-order valence-electron chi connectivity index (χ0n) is 13.7. The third-order valence-electron chi connectivity index (χ3n) is 4.62. The number of rotatable bonds is 2. The minimum absolute atomic E-state index is 0.0758. The van der Waals surface area contributed by atoms with Crippen molar-refractivity contribution in [1.82, 2.24) is 4.90 Å². The predicted molar refractivity (Wildman–Crippen MR) is 80.5 cm³/mol. The van der Waals surface area contributed by atoms with E-state index in [2.05, 4.69) is 0 Å². The first kappa shape index (κ1) is 16.7. The number of halogens is 2. The van der Waals surface area contributed by atoms with Crippen molar-refractivity contribution >= 4 is 12.1 Å². The number of piperidine rings is 1. The second kappa shape index (κ2) is 5.16. The smallest absolute Gasteiger partial charge is 0.411 e. The molecule has 0 spiro atoms. The van der Waals surface area contributed by atoms with Gasteiger partial charge in [0, 0.05) is 23.9 Å². The van der Waals surface area contributed by atoms with Crippen molar-refractivity contribution in [3.8, 4) is 0 Å². The number of carboxylic acids is 1. The Labute approximate surface area is 138 Å². The van der Waals surface area contributed by atoms with Gasteiger partial charge in [0.1, 0.15) is 23.3 Å². The van der Waals surface area contributed by atoms with Crippen LogP contribution in [-0.4, -0.2) is 40.3 Å². The van der Waals surface area contributed by atoms with Gasteiger partial charge in [-0.15, -0.1) is 0 Å². The molecule has 1 aliphatic heterocycles. The lowest BCUT2D eigenvalue weighted by molar-refractivity contribution is -0.142. The van der Waals surface area contributed by atoms with Crippen molar-refractivity contribution in [3.05, 3.63) is 35.4 Å². The molecule has 1 heterocycles. The molecule has 0 aromatic heterocycles. The summed E-state index contributed by atoms with van der Waals surface area (Å²) in [4.78, 5) is 25.1. The second-order valence-electron chi connectivity index (χ2n) is 7.52. The lowest BCUT2D eigenvalue weighted by Crippen LogP contribution is -2.46. The summed E-state index contributed by atoms with van der Waals surface area (Å²) in [6.07, 6.45) is -0.245. The number of carbonyl (C=O) groups is 2. The van der Waals surface area contributed by atoms with Crippen molar-refractivity contribution in [2.45, 2.75) is 44.2 Å². The lowest BCUT2D eigenvalue weighted by Gasteiger charge is -2.29. The van der Waals surface area contributed by atoms with Gasteiger partial charge in [-0.1, -0.05) is 0 Å². The van der Waals surface area contributed by atoms with Crippen LogP contribution in [0.5, 0.6) is 0 Å². The van der Waals surface area contributed by atoms with E-state index in [1.165, 1.54) is 12.1 Å². The maximum atomic E-state index is 13.5. The molecule has 24 heavy (non-hydrogen) atoms. The molecule has 1 aliphatic carbocycles. The normalized spacial score (nSPS) is 28.5. The van der Waals surface area contributed by atoms with Crippen LogP contribution in [-0.2, 0) is 14.9 Å². The number of hydrogen-bond donors (Lipinski definition) is 1. The molecular weight excluding hydrogens is 320 g/mol. The van der Waals surface area contributed by atoms with Crippen LogP contribution in [0.3, 0.4) is 0 Å². The van der Waals surface area contributed by atoms with Gasteiger partial charge in [0.2, 0.25) is 0 Å². The number of benzene rings is 1. The summed E-state index contributed by atoms with van der Waals surface area (Å²) < 4.78 is 32.4. The van der Waals surface area contributed by atoms with Crippen LogP contribution < -0.4 is 0 Å². The Bertz CT molecular complexity index is 695. The Morgan fingerprint density at radius 3 is 2.33 bits per heavy atom. The van der Waals surface area contributed by atoms with E-state index in [1.54, 1.807) is 20.8 Å². The third-order valence-corrected chi connectivity index (χ3v) is 4.62. The Morgan fingerprint density at radius 2 is 1.83 bits per heavy atom. The molecule has 1 amide bonds. The average Bonchev–Trinajstić information content (AvgIpc) is 3.01. The van der Waals surface area contributed by atoms with Gasteiger partial charge in [0.05, 0.1) is 0 Å². The Hall–Kier alpha value is -2.18. The van der Waals surface area contributed by atoms with Crippen LogP contribution in [0.1, 0.15) is 32.8 Å². The molecule has 130 valence electrons. The molecule has 1 saturated heterocycles. The van der Waals surface area contributed by atoms with Crippen LogP contribution in [0.2, 0.25) is 0 Å².